The number of carbonyl (C=O) groups is 1. The first kappa shape index (κ1) is 21.3. The summed E-state index contributed by atoms with van der Waals surface area (Å²) in [6.07, 6.45) is 2.18. The maximum absolute atomic E-state index is 13.1. The Hall–Kier alpha value is -2.45. The molecule has 1 saturated heterocycles. The Morgan fingerprint density at radius 3 is 2.69 bits per heavy atom. The van der Waals surface area contributed by atoms with Gasteiger partial charge in [0, 0.05) is 36.2 Å². The molecule has 8 heteroatoms. The summed E-state index contributed by atoms with van der Waals surface area (Å²) in [7, 11) is 1.74. The number of hydrogen-bond acceptors (Lipinski definition) is 5. The quantitative estimate of drug-likeness (QED) is 0.492. The van der Waals surface area contributed by atoms with Crippen LogP contribution in [0.2, 0.25) is 0 Å². The molecule has 2 aromatic carbocycles. The molecule has 1 heterocycles. The van der Waals surface area contributed by atoms with Crippen LogP contribution in [0.5, 0.6) is 0 Å². The van der Waals surface area contributed by atoms with Gasteiger partial charge >= 0.3 is 0 Å². The second-order valence-corrected chi connectivity index (χ2v) is 8.22. The van der Waals surface area contributed by atoms with E-state index in [-0.39, 0.29) is 17.4 Å². The van der Waals surface area contributed by atoms with Crippen molar-refractivity contribution in [3.05, 3.63) is 64.0 Å². The van der Waals surface area contributed by atoms with Gasteiger partial charge in [-0.2, -0.15) is 0 Å². The van der Waals surface area contributed by atoms with Crippen molar-refractivity contribution >= 4 is 23.4 Å². The molecule has 0 aromatic heterocycles. The number of likely N-dealkylation sites (N-methyl/N-ethyl adjacent to an activating group) is 2. The van der Waals surface area contributed by atoms with E-state index in [0.717, 1.165) is 25.9 Å². The molecule has 0 radical (unpaired) electrons. The predicted octanol–water partition coefficient (Wildman–Crippen LogP) is 4.44. The number of nitro groups is 1. The number of likely N-dealkylation sites (tertiary alicyclic amines) is 1. The van der Waals surface area contributed by atoms with Crippen molar-refractivity contribution in [3.63, 3.8) is 0 Å². The minimum Gasteiger partial charge on any atom is -0.340 e. The Morgan fingerprint density at radius 1 is 1.31 bits per heavy atom. The minimum absolute atomic E-state index is 0.130. The maximum atomic E-state index is 13.1. The van der Waals surface area contributed by atoms with Crippen LogP contribution in [-0.2, 0) is 0 Å². The smallest absolute Gasteiger partial charge is 0.284 e. The highest BCUT2D eigenvalue weighted by Crippen LogP contribution is 2.35. The topological polar surface area (TPSA) is 66.7 Å². The molecule has 29 heavy (non-hydrogen) atoms. The van der Waals surface area contributed by atoms with Crippen LogP contribution in [0, 0.1) is 15.9 Å². The molecule has 0 saturated carbocycles. The van der Waals surface area contributed by atoms with E-state index in [1.54, 1.807) is 36.2 Å². The third-order valence-electron chi connectivity index (χ3n) is 5.18. The Morgan fingerprint density at radius 2 is 2.03 bits per heavy atom. The number of benzene rings is 2. The Balaban J connectivity index is 1.77. The molecular formula is C21H24FN3O3S. The fraction of sp³-hybridized carbons (Fsp3) is 0.381. The minimum atomic E-state index is -0.488. The number of nitro benzene ring substituents is 1. The van der Waals surface area contributed by atoms with E-state index >= 15 is 0 Å². The van der Waals surface area contributed by atoms with E-state index in [4.69, 9.17) is 0 Å². The molecule has 6 nitrogen and oxygen atoms in total. The summed E-state index contributed by atoms with van der Waals surface area (Å²) in [6, 6.07) is 10.6. The van der Waals surface area contributed by atoms with Crippen LogP contribution in [0.3, 0.4) is 0 Å². The number of nitrogens with zero attached hydrogens (tertiary/aromatic N) is 3. The van der Waals surface area contributed by atoms with E-state index in [0.29, 0.717) is 27.9 Å². The van der Waals surface area contributed by atoms with Crippen molar-refractivity contribution in [2.45, 2.75) is 35.6 Å². The molecular weight excluding hydrogens is 393 g/mol. The predicted molar refractivity (Wildman–Crippen MR) is 111 cm³/mol. The summed E-state index contributed by atoms with van der Waals surface area (Å²) in [4.78, 5) is 29.0. The van der Waals surface area contributed by atoms with Gasteiger partial charge in [-0.25, -0.2) is 4.39 Å². The highest BCUT2D eigenvalue weighted by atomic mass is 32.2. The third kappa shape index (κ3) is 5.13. The van der Waals surface area contributed by atoms with Gasteiger partial charge in [-0.05, 0) is 62.3 Å². The average Bonchev–Trinajstić information content (AvgIpc) is 3.16. The van der Waals surface area contributed by atoms with Crippen LogP contribution in [0.15, 0.2) is 52.3 Å². The van der Waals surface area contributed by atoms with E-state index in [9.17, 15) is 19.3 Å². The van der Waals surface area contributed by atoms with Crippen LogP contribution in [0.1, 0.15) is 30.1 Å². The summed E-state index contributed by atoms with van der Waals surface area (Å²) >= 11 is 1.17. The molecule has 1 fully saturated rings. The highest BCUT2D eigenvalue weighted by molar-refractivity contribution is 7.99. The van der Waals surface area contributed by atoms with Gasteiger partial charge in [0.2, 0.25) is 0 Å². The molecule has 0 aliphatic carbocycles. The number of halogens is 1. The standard InChI is InChI=1S/C21H24FN3O3S/c1-3-24-12-4-5-17(24)14-23(2)21(26)15-6-11-20(19(13-15)25(27)28)29-18-9-7-16(22)8-10-18/h6-11,13,17H,3-5,12,14H2,1-2H3. The van der Waals surface area contributed by atoms with Gasteiger partial charge in [-0.15, -0.1) is 0 Å². The summed E-state index contributed by atoms with van der Waals surface area (Å²) in [5.41, 5.74) is 0.165. The Labute approximate surface area is 173 Å². The van der Waals surface area contributed by atoms with Gasteiger partial charge < -0.3 is 4.90 Å². The zero-order valence-corrected chi connectivity index (χ0v) is 17.3. The lowest BCUT2D eigenvalue weighted by atomic mass is 10.1. The molecule has 1 unspecified atom stereocenters. The average molecular weight is 418 g/mol. The van der Waals surface area contributed by atoms with Gasteiger partial charge in [0.15, 0.2) is 0 Å². The highest BCUT2D eigenvalue weighted by Gasteiger charge is 2.27. The van der Waals surface area contributed by atoms with Crippen molar-refractivity contribution in [1.82, 2.24) is 9.80 Å². The summed E-state index contributed by atoms with van der Waals surface area (Å²) in [5.74, 6) is -0.592. The van der Waals surface area contributed by atoms with Crippen molar-refractivity contribution < 1.29 is 14.1 Å². The van der Waals surface area contributed by atoms with Crippen molar-refractivity contribution in [2.24, 2.45) is 0 Å². The van der Waals surface area contributed by atoms with Crippen molar-refractivity contribution in [1.29, 1.82) is 0 Å². The Kier molecular flexibility index (Phi) is 6.87. The third-order valence-corrected chi connectivity index (χ3v) is 6.25. The molecule has 1 aliphatic heterocycles. The molecule has 0 N–H and O–H groups in total. The molecule has 0 spiro atoms. The molecule has 1 aliphatic rings. The van der Waals surface area contributed by atoms with Gasteiger partial charge in [-0.1, -0.05) is 18.7 Å². The molecule has 1 atom stereocenters. The number of carbonyl (C=O) groups excluding carboxylic acids is 1. The van der Waals surface area contributed by atoms with Crippen molar-refractivity contribution in [2.75, 3.05) is 26.7 Å². The van der Waals surface area contributed by atoms with Gasteiger partial charge in [0.1, 0.15) is 5.82 Å². The van der Waals surface area contributed by atoms with Crippen LogP contribution in [0.4, 0.5) is 10.1 Å². The molecule has 2 aromatic rings. The first-order chi connectivity index (χ1) is 13.9. The summed E-state index contributed by atoms with van der Waals surface area (Å²) < 4.78 is 13.1. The lowest BCUT2D eigenvalue weighted by Gasteiger charge is -2.27. The number of hydrogen-bond donors (Lipinski definition) is 0. The molecule has 154 valence electrons. The SMILES string of the molecule is CCN1CCCC1CN(C)C(=O)c1ccc(Sc2ccc(F)cc2)c([N+](=O)[O-])c1. The zero-order chi connectivity index (χ0) is 21.0. The lowest BCUT2D eigenvalue weighted by molar-refractivity contribution is -0.387. The first-order valence-corrected chi connectivity index (χ1v) is 10.4. The van der Waals surface area contributed by atoms with Crippen LogP contribution in [-0.4, -0.2) is 53.4 Å². The van der Waals surface area contributed by atoms with Crippen LogP contribution in [0.25, 0.3) is 0 Å². The maximum Gasteiger partial charge on any atom is 0.284 e. The number of amides is 1. The van der Waals surface area contributed by atoms with E-state index < -0.39 is 4.92 Å². The van der Waals surface area contributed by atoms with Gasteiger partial charge in [0.25, 0.3) is 11.6 Å². The lowest BCUT2D eigenvalue weighted by Crippen LogP contribution is -2.41. The largest absolute Gasteiger partial charge is 0.340 e. The first-order valence-electron chi connectivity index (χ1n) is 9.60. The zero-order valence-electron chi connectivity index (χ0n) is 16.5. The fourth-order valence-corrected chi connectivity index (χ4v) is 4.55. The number of rotatable bonds is 7. The summed E-state index contributed by atoms with van der Waals surface area (Å²) in [6.45, 7) is 4.71. The van der Waals surface area contributed by atoms with Crippen molar-refractivity contribution in [3.8, 4) is 0 Å². The fourth-order valence-electron chi connectivity index (χ4n) is 3.65. The second kappa shape index (κ2) is 9.37. The van der Waals surface area contributed by atoms with Gasteiger partial charge in [0.05, 0.1) is 9.82 Å². The molecule has 3 rings (SSSR count). The monoisotopic (exact) mass is 417 g/mol. The summed E-state index contributed by atoms with van der Waals surface area (Å²) in [5, 5.41) is 11.6. The van der Waals surface area contributed by atoms with Crippen LogP contribution < -0.4 is 0 Å². The van der Waals surface area contributed by atoms with E-state index in [1.807, 2.05) is 0 Å². The molecule has 1 amide bonds. The molecule has 0 bridgehead atoms. The van der Waals surface area contributed by atoms with Crippen LogP contribution >= 0.6 is 11.8 Å². The van der Waals surface area contributed by atoms with Gasteiger partial charge in [-0.3, -0.25) is 19.8 Å². The second-order valence-electron chi connectivity index (χ2n) is 7.11. The van der Waals surface area contributed by atoms with E-state index in [1.165, 1.54) is 30.0 Å². The van der Waals surface area contributed by atoms with E-state index in [2.05, 4.69) is 11.8 Å². The normalized spacial score (nSPS) is 16.7. The Bertz CT molecular complexity index is 891.